The van der Waals surface area contributed by atoms with E-state index in [1.807, 2.05) is 25.1 Å². The molecular weight excluding hydrogens is 264 g/mol. The van der Waals surface area contributed by atoms with Crippen LogP contribution in [0.5, 0.6) is 11.5 Å². The molecule has 0 amide bonds. The summed E-state index contributed by atoms with van der Waals surface area (Å²) in [4.78, 5) is 0. The van der Waals surface area contributed by atoms with Crippen LogP contribution in [0.1, 0.15) is 16.7 Å². The van der Waals surface area contributed by atoms with Crippen LogP contribution in [0.2, 0.25) is 0 Å². The minimum Gasteiger partial charge on any atom is -0.496 e. The Kier molecular flexibility index (Phi) is 4.68. The van der Waals surface area contributed by atoms with Crippen LogP contribution in [0.3, 0.4) is 0 Å². The third kappa shape index (κ3) is 3.46. The number of methoxy groups -OCH3 is 2. The SMILES string of the molecule is COc1ccc(C)cc1CNc1ccc(C#N)cc1OC. The van der Waals surface area contributed by atoms with Gasteiger partial charge in [-0.05, 0) is 25.1 Å². The average molecular weight is 282 g/mol. The number of rotatable bonds is 5. The number of nitrogens with zero attached hydrogens (tertiary/aromatic N) is 1. The molecule has 21 heavy (non-hydrogen) atoms. The number of nitriles is 1. The maximum absolute atomic E-state index is 8.91. The highest BCUT2D eigenvalue weighted by Crippen LogP contribution is 2.27. The second kappa shape index (κ2) is 6.67. The Morgan fingerprint density at radius 2 is 1.81 bits per heavy atom. The van der Waals surface area contributed by atoms with Crippen molar-refractivity contribution in [3.05, 3.63) is 53.1 Å². The normalized spacial score (nSPS) is 9.81. The minimum absolute atomic E-state index is 0.575. The van der Waals surface area contributed by atoms with Gasteiger partial charge in [0.25, 0.3) is 0 Å². The first kappa shape index (κ1) is 14.7. The predicted octanol–water partition coefficient (Wildman–Crippen LogP) is 3.50. The second-order valence-electron chi connectivity index (χ2n) is 4.70. The van der Waals surface area contributed by atoms with E-state index in [0.29, 0.717) is 17.9 Å². The van der Waals surface area contributed by atoms with Crippen LogP contribution in [0, 0.1) is 18.3 Å². The molecule has 0 atom stereocenters. The summed E-state index contributed by atoms with van der Waals surface area (Å²) < 4.78 is 10.7. The Hall–Kier alpha value is -2.67. The minimum atomic E-state index is 0.575. The van der Waals surface area contributed by atoms with E-state index in [1.165, 1.54) is 5.56 Å². The largest absolute Gasteiger partial charge is 0.496 e. The topological polar surface area (TPSA) is 54.3 Å². The van der Waals surface area contributed by atoms with Gasteiger partial charge in [0.2, 0.25) is 0 Å². The zero-order valence-corrected chi connectivity index (χ0v) is 12.4. The number of ether oxygens (including phenoxy) is 2. The first-order valence-corrected chi connectivity index (χ1v) is 6.63. The van der Waals surface area contributed by atoms with Crippen molar-refractivity contribution in [1.29, 1.82) is 5.26 Å². The maximum Gasteiger partial charge on any atom is 0.143 e. The van der Waals surface area contributed by atoms with E-state index in [9.17, 15) is 0 Å². The molecule has 4 heteroatoms. The number of nitrogens with one attached hydrogen (secondary N) is 1. The Morgan fingerprint density at radius 3 is 2.48 bits per heavy atom. The summed E-state index contributed by atoms with van der Waals surface area (Å²) in [6, 6.07) is 13.5. The molecule has 1 N–H and O–H groups in total. The van der Waals surface area contributed by atoms with Gasteiger partial charge in [0.1, 0.15) is 11.5 Å². The third-order valence-electron chi connectivity index (χ3n) is 3.24. The van der Waals surface area contributed by atoms with Crippen molar-refractivity contribution in [1.82, 2.24) is 0 Å². The Labute approximate surface area is 124 Å². The number of benzene rings is 2. The summed E-state index contributed by atoms with van der Waals surface area (Å²) in [7, 11) is 3.26. The lowest BCUT2D eigenvalue weighted by atomic mass is 10.1. The van der Waals surface area contributed by atoms with Crippen LogP contribution in [-0.4, -0.2) is 14.2 Å². The van der Waals surface area contributed by atoms with Crippen LogP contribution in [0.25, 0.3) is 0 Å². The molecule has 0 aromatic heterocycles. The van der Waals surface area contributed by atoms with Gasteiger partial charge in [-0.15, -0.1) is 0 Å². The molecule has 0 fully saturated rings. The van der Waals surface area contributed by atoms with E-state index in [1.54, 1.807) is 26.4 Å². The van der Waals surface area contributed by atoms with Gasteiger partial charge >= 0.3 is 0 Å². The zero-order valence-electron chi connectivity index (χ0n) is 12.4. The highest BCUT2D eigenvalue weighted by atomic mass is 16.5. The van der Waals surface area contributed by atoms with Crippen molar-refractivity contribution in [2.45, 2.75) is 13.5 Å². The number of hydrogen-bond acceptors (Lipinski definition) is 4. The van der Waals surface area contributed by atoms with E-state index in [-0.39, 0.29) is 0 Å². The zero-order chi connectivity index (χ0) is 15.2. The van der Waals surface area contributed by atoms with Gasteiger partial charge in [0, 0.05) is 18.2 Å². The van der Waals surface area contributed by atoms with Crippen molar-refractivity contribution >= 4 is 5.69 Å². The van der Waals surface area contributed by atoms with Gasteiger partial charge in [0.15, 0.2) is 0 Å². The molecule has 2 rings (SSSR count). The van der Waals surface area contributed by atoms with Crippen LogP contribution in [-0.2, 0) is 6.54 Å². The first-order valence-electron chi connectivity index (χ1n) is 6.63. The molecular formula is C17H18N2O2. The lowest BCUT2D eigenvalue weighted by Crippen LogP contribution is -2.03. The van der Waals surface area contributed by atoms with Gasteiger partial charge in [-0.1, -0.05) is 17.7 Å². The van der Waals surface area contributed by atoms with Crippen molar-refractivity contribution in [2.75, 3.05) is 19.5 Å². The number of anilines is 1. The first-order chi connectivity index (χ1) is 10.2. The molecule has 4 nitrogen and oxygen atoms in total. The summed E-state index contributed by atoms with van der Waals surface area (Å²) in [5, 5.41) is 12.2. The smallest absolute Gasteiger partial charge is 0.143 e. The summed E-state index contributed by atoms with van der Waals surface area (Å²) in [5.41, 5.74) is 3.67. The van der Waals surface area contributed by atoms with Crippen molar-refractivity contribution < 1.29 is 9.47 Å². The highest BCUT2D eigenvalue weighted by molar-refractivity contribution is 5.60. The number of hydrogen-bond donors (Lipinski definition) is 1. The lowest BCUT2D eigenvalue weighted by Gasteiger charge is -2.14. The third-order valence-corrected chi connectivity index (χ3v) is 3.24. The molecule has 108 valence electrons. The number of aryl methyl sites for hydroxylation is 1. The van der Waals surface area contributed by atoms with Crippen LogP contribution in [0.15, 0.2) is 36.4 Å². The maximum atomic E-state index is 8.91. The summed E-state index contributed by atoms with van der Waals surface area (Å²) >= 11 is 0. The van der Waals surface area contributed by atoms with Gasteiger partial charge in [0.05, 0.1) is 31.5 Å². The molecule has 0 heterocycles. The summed E-state index contributed by atoms with van der Waals surface area (Å²) in [5.74, 6) is 1.50. The monoisotopic (exact) mass is 282 g/mol. The average Bonchev–Trinajstić information content (AvgIpc) is 2.52. The van der Waals surface area contributed by atoms with E-state index in [4.69, 9.17) is 14.7 Å². The molecule has 0 aliphatic carbocycles. The summed E-state index contributed by atoms with van der Waals surface area (Å²) in [6.45, 7) is 2.67. The van der Waals surface area contributed by atoms with Gasteiger partial charge < -0.3 is 14.8 Å². The quantitative estimate of drug-likeness (QED) is 0.912. The van der Waals surface area contributed by atoms with Gasteiger partial charge in [-0.25, -0.2) is 0 Å². The van der Waals surface area contributed by atoms with Gasteiger partial charge in [-0.3, -0.25) is 0 Å². The van der Waals surface area contributed by atoms with Crippen molar-refractivity contribution in [3.8, 4) is 17.6 Å². The van der Waals surface area contributed by atoms with E-state index in [2.05, 4.69) is 17.5 Å². The summed E-state index contributed by atoms with van der Waals surface area (Å²) in [6.07, 6.45) is 0. The molecule has 0 aliphatic rings. The Balaban J connectivity index is 2.20. The standard InChI is InChI=1S/C17H18N2O2/c1-12-4-7-16(20-2)14(8-12)11-19-15-6-5-13(10-18)9-17(15)21-3/h4-9,19H,11H2,1-3H3. The predicted molar refractivity (Wildman–Crippen MR) is 82.8 cm³/mol. The van der Waals surface area contributed by atoms with Crippen molar-refractivity contribution in [2.24, 2.45) is 0 Å². The Bertz CT molecular complexity index is 675. The molecule has 2 aromatic rings. The fourth-order valence-electron chi connectivity index (χ4n) is 2.14. The fraction of sp³-hybridized carbons (Fsp3) is 0.235. The molecule has 0 aliphatic heterocycles. The molecule has 0 spiro atoms. The van der Waals surface area contributed by atoms with Crippen molar-refractivity contribution in [3.63, 3.8) is 0 Å². The van der Waals surface area contributed by atoms with Crippen LogP contribution in [0.4, 0.5) is 5.69 Å². The van der Waals surface area contributed by atoms with E-state index < -0.39 is 0 Å². The van der Waals surface area contributed by atoms with E-state index in [0.717, 1.165) is 17.0 Å². The van der Waals surface area contributed by atoms with E-state index >= 15 is 0 Å². The molecule has 0 bridgehead atoms. The molecule has 0 radical (unpaired) electrons. The van der Waals surface area contributed by atoms with Gasteiger partial charge in [-0.2, -0.15) is 5.26 Å². The molecule has 0 saturated heterocycles. The molecule has 2 aromatic carbocycles. The Morgan fingerprint density at radius 1 is 1.05 bits per heavy atom. The lowest BCUT2D eigenvalue weighted by molar-refractivity contribution is 0.409. The fourth-order valence-corrected chi connectivity index (χ4v) is 2.14. The van der Waals surface area contributed by atoms with Crippen LogP contribution < -0.4 is 14.8 Å². The molecule has 0 unspecified atom stereocenters. The highest BCUT2D eigenvalue weighted by Gasteiger charge is 2.07. The second-order valence-corrected chi connectivity index (χ2v) is 4.70. The molecule has 0 saturated carbocycles. The van der Waals surface area contributed by atoms with Crippen LogP contribution >= 0.6 is 0 Å².